The molecule has 74 valence electrons. The number of rotatable bonds is 4. The van der Waals surface area contributed by atoms with E-state index >= 15 is 0 Å². The molecule has 3 heteroatoms. The zero-order valence-corrected chi connectivity index (χ0v) is 8.25. The highest BCUT2D eigenvalue weighted by Gasteiger charge is 2.31. The molecule has 0 spiro atoms. The molecule has 2 amide bonds. The van der Waals surface area contributed by atoms with Gasteiger partial charge in [-0.25, -0.2) is 4.79 Å². The number of carbonyl (C=O) groups excluding carboxylic acids is 1. The standard InChI is InChI=1S/C10H18N2O/c1-2-9(7-8-3-4-8)12-6-5-11-10(12)13/h8-9H,2-7H2,1H3,(H,11,13). The highest BCUT2D eigenvalue weighted by Crippen LogP contribution is 2.35. The SMILES string of the molecule is CCC(CC1CC1)N1CCNC1=O. The van der Waals surface area contributed by atoms with E-state index in [-0.39, 0.29) is 6.03 Å². The van der Waals surface area contributed by atoms with Crippen LogP contribution in [0.5, 0.6) is 0 Å². The van der Waals surface area contributed by atoms with Crippen LogP contribution in [0, 0.1) is 5.92 Å². The van der Waals surface area contributed by atoms with Crippen molar-refractivity contribution >= 4 is 6.03 Å². The van der Waals surface area contributed by atoms with Crippen molar-refractivity contribution in [2.45, 2.75) is 38.6 Å². The largest absolute Gasteiger partial charge is 0.336 e. The molecule has 0 radical (unpaired) electrons. The Hall–Kier alpha value is -0.730. The maximum Gasteiger partial charge on any atom is 0.317 e. The highest BCUT2D eigenvalue weighted by atomic mass is 16.2. The lowest BCUT2D eigenvalue weighted by Gasteiger charge is -2.25. The first-order chi connectivity index (χ1) is 6.31. The Kier molecular flexibility index (Phi) is 2.42. The van der Waals surface area contributed by atoms with Crippen LogP contribution < -0.4 is 5.32 Å². The number of carbonyl (C=O) groups is 1. The zero-order valence-electron chi connectivity index (χ0n) is 8.25. The number of nitrogens with zero attached hydrogens (tertiary/aromatic N) is 1. The van der Waals surface area contributed by atoms with E-state index in [0.717, 1.165) is 25.4 Å². The Morgan fingerprint density at radius 1 is 1.62 bits per heavy atom. The molecule has 1 heterocycles. The molecule has 1 unspecified atom stereocenters. The van der Waals surface area contributed by atoms with Crippen LogP contribution in [0.4, 0.5) is 4.79 Å². The Morgan fingerprint density at radius 2 is 2.38 bits per heavy atom. The van der Waals surface area contributed by atoms with E-state index in [9.17, 15) is 4.79 Å². The van der Waals surface area contributed by atoms with E-state index in [1.54, 1.807) is 0 Å². The molecular formula is C10H18N2O. The monoisotopic (exact) mass is 182 g/mol. The minimum absolute atomic E-state index is 0.146. The summed E-state index contributed by atoms with van der Waals surface area (Å²) in [7, 11) is 0. The van der Waals surface area contributed by atoms with Crippen molar-refractivity contribution in [3.05, 3.63) is 0 Å². The van der Waals surface area contributed by atoms with Crippen LogP contribution in [0.3, 0.4) is 0 Å². The second kappa shape index (κ2) is 3.56. The van der Waals surface area contributed by atoms with Gasteiger partial charge < -0.3 is 10.2 Å². The Bertz CT molecular complexity index is 201. The van der Waals surface area contributed by atoms with Gasteiger partial charge in [-0.2, -0.15) is 0 Å². The number of urea groups is 1. The Balaban J connectivity index is 1.89. The Morgan fingerprint density at radius 3 is 2.85 bits per heavy atom. The van der Waals surface area contributed by atoms with Crippen molar-refractivity contribution in [3.63, 3.8) is 0 Å². The van der Waals surface area contributed by atoms with E-state index < -0.39 is 0 Å². The van der Waals surface area contributed by atoms with Crippen molar-refractivity contribution in [1.29, 1.82) is 0 Å². The van der Waals surface area contributed by atoms with Crippen LogP contribution >= 0.6 is 0 Å². The van der Waals surface area contributed by atoms with E-state index in [2.05, 4.69) is 12.2 Å². The van der Waals surface area contributed by atoms with Crippen LogP contribution in [0.15, 0.2) is 0 Å². The molecule has 1 aliphatic carbocycles. The average Bonchev–Trinajstić information content (AvgIpc) is 2.85. The van der Waals surface area contributed by atoms with Crippen molar-refractivity contribution in [1.82, 2.24) is 10.2 Å². The third-order valence-electron chi connectivity index (χ3n) is 3.10. The summed E-state index contributed by atoms with van der Waals surface area (Å²) < 4.78 is 0. The summed E-state index contributed by atoms with van der Waals surface area (Å²) in [6.07, 6.45) is 5.09. The average molecular weight is 182 g/mol. The van der Waals surface area contributed by atoms with Crippen molar-refractivity contribution in [2.75, 3.05) is 13.1 Å². The number of amides is 2. The number of hydrogen-bond acceptors (Lipinski definition) is 1. The fourth-order valence-electron chi connectivity index (χ4n) is 2.09. The summed E-state index contributed by atoms with van der Waals surface area (Å²) in [6, 6.07) is 0.641. The van der Waals surface area contributed by atoms with Gasteiger partial charge in [0, 0.05) is 19.1 Å². The molecule has 0 aromatic carbocycles. The van der Waals surface area contributed by atoms with Gasteiger partial charge in [0.1, 0.15) is 0 Å². The summed E-state index contributed by atoms with van der Waals surface area (Å²) in [5, 5.41) is 2.87. The molecule has 1 atom stereocenters. The summed E-state index contributed by atoms with van der Waals surface area (Å²) in [5.41, 5.74) is 0. The molecule has 1 aliphatic heterocycles. The summed E-state index contributed by atoms with van der Waals surface area (Å²) in [6.45, 7) is 3.92. The second-order valence-electron chi connectivity index (χ2n) is 4.17. The molecule has 0 aromatic rings. The zero-order chi connectivity index (χ0) is 9.26. The van der Waals surface area contributed by atoms with Crippen molar-refractivity contribution in [2.24, 2.45) is 5.92 Å². The van der Waals surface area contributed by atoms with Gasteiger partial charge in [-0.15, -0.1) is 0 Å². The molecule has 2 fully saturated rings. The van der Waals surface area contributed by atoms with Gasteiger partial charge in [0.15, 0.2) is 0 Å². The molecule has 2 rings (SSSR count). The fraction of sp³-hybridized carbons (Fsp3) is 0.900. The lowest BCUT2D eigenvalue weighted by molar-refractivity contribution is 0.190. The van der Waals surface area contributed by atoms with Crippen LogP contribution in [0.2, 0.25) is 0 Å². The molecule has 0 bridgehead atoms. The van der Waals surface area contributed by atoms with Crippen molar-refractivity contribution in [3.8, 4) is 0 Å². The molecular weight excluding hydrogens is 164 g/mol. The van der Waals surface area contributed by atoms with Crippen LogP contribution in [-0.4, -0.2) is 30.1 Å². The normalized spacial score (nSPS) is 24.7. The van der Waals surface area contributed by atoms with Gasteiger partial charge >= 0.3 is 6.03 Å². The van der Waals surface area contributed by atoms with Crippen molar-refractivity contribution < 1.29 is 4.79 Å². The van der Waals surface area contributed by atoms with Gasteiger partial charge in [0.25, 0.3) is 0 Å². The lowest BCUT2D eigenvalue weighted by Crippen LogP contribution is -2.37. The summed E-state index contributed by atoms with van der Waals surface area (Å²) >= 11 is 0. The van der Waals surface area contributed by atoms with Gasteiger partial charge in [-0.3, -0.25) is 0 Å². The lowest BCUT2D eigenvalue weighted by atomic mass is 10.1. The van der Waals surface area contributed by atoms with Gasteiger partial charge in [0.05, 0.1) is 0 Å². The first-order valence-corrected chi connectivity index (χ1v) is 5.35. The maximum absolute atomic E-state index is 11.4. The quantitative estimate of drug-likeness (QED) is 0.703. The van der Waals surface area contributed by atoms with Gasteiger partial charge in [-0.1, -0.05) is 19.8 Å². The molecule has 1 saturated carbocycles. The van der Waals surface area contributed by atoms with Crippen LogP contribution in [0.1, 0.15) is 32.6 Å². The van der Waals surface area contributed by atoms with E-state index in [0.29, 0.717) is 6.04 Å². The number of hydrogen-bond donors (Lipinski definition) is 1. The van der Waals surface area contributed by atoms with Gasteiger partial charge in [0.2, 0.25) is 0 Å². The van der Waals surface area contributed by atoms with E-state index in [4.69, 9.17) is 0 Å². The molecule has 3 nitrogen and oxygen atoms in total. The molecule has 1 N–H and O–H groups in total. The second-order valence-corrected chi connectivity index (χ2v) is 4.17. The molecule has 1 saturated heterocycles. The predicted molar refractivity (Wildman–Crippen MR) is 51.5 cm³/mol. The molecule has 13 heavy (non-hydrogen) atoms. The smallest absolute Gasteiger partial charge is 0.317 e. The predicted octanol–water partition coefficient (Wildman–Crippen LogP) is 1.59. The van der Waals surface area contributed by atoms with E-state index in [1.807, 2.05) is 4.90 Å². The highest BCUT2D eigenvalue weighted by molar-refractivity contribution is 5.76. The topological polar surface area (TPSA) is 32.3 Å². The van der Waals surface area contributed by atoms with Crippen LogP contribution in [0.25, 0.3) is 0 Å². The Labute approximate surface area is 79.5 Å². The van der Waals surface area contributed by atoms with Crippen LogP contribution in [-0.2, 0) is 0 Å². The number of nitrogens with one attached hydrogen (secondary N) is 1. The summed E-state index contributed by atoms with van der Waals surface area (Å²) in [5.74, 6) is 0.915. The fourth-order valence-corrected chi connectivity index (χ4v) is 2.09. The summed E-state index contributed by atoms with van der Waals surface area (Å²) in [4.78, 5) is 13.4. The minimum Gasteiger partial charge on any atom is -0.336 e. The minimum atomic E-state index is 0.146. The molecule has 2 aliphatic rings. The van der Waals surface area contributed by atoms with Gasteiger partial charge in [-0.05, 0) is 18.8 Å². The third kappa shape index (κ3) is 1.95. The van der Waals surface area contributed by atoms with E-state index in [1.165, 1.54) is 19.3 Å². The maximum atomic E-state index is 11.4. The first kappa shape index (κ1) is 8.85. The molecule has 0 aromatic heterocycles. The first-order valence-electron chi connectivity index (χ1n) is 5.35. The third-order valence-corrected chi connectivity index (χ3v) is 3.10.